The summed E-state index contributed by atoms with van der Waals surface area (Å²) in [4.78, 5) is 0. The van der Waals surface area contributed by atoms with Crippen LogP contribution in [0.2, 0.25) is 0 Å². The summed E-state index contributed by atoms with van der Waals surface area (Å²) in [5.41, 5.74) is 1.09. The summed E-state index contributed by atoms with van der Waals surface area (Å²) in [5.74, 6) is 0. The Balaban J connectivity index is 1.84. The van der Waals surface area contributed by atoms with Gasteiger partial charge in [-0.25, -0.2) is 0 Å². The second-order valence-corrected chi connectivity index (χ2v) is 4.20. The van der Waals surface area contributed by atoms with Gasteiger partial charge in [-0.3, -0.25) is 4.68 Å². The quantitative estimate of drug-likeness (QED) is 0.802. The molecule has 1 atom stereocenters. The van der Waals surface area contributed by atoms with Crippen LogP contribution >= 0.6 is 0 Å². The number of hydrogen-bond donors (Lipinski definition) is 1. The first-order chi connectivity index (χ1) is 7.42. The Hall–Kier alpha value is -1.35. The van der Waals surface area contributed by atoms with Crippen LogP contribution in [0.4, 0.5) is 0 Å². The molecule has 1 N–H and O–H groups in total. The summed E-state index contributed by atoms with van der Waals surface area (Å²) in [7, 11) is 0. The maximum Gasteiger partial charge on any atom is 0.0923 e. The lowest BCUT2D eigenvalue weighted by Crippen LogP contribution is -2.26. The number of nitrogens with zero attached hydrogens (tertiary/aromatic N) is 2. The van der Waals surface area contributed by atoms with Crippen molar-refractivity contribution in [2.75, 3.05) is 6.54 Å². The van der Waals surface area contributed by atoms with Crippen LogP contribution < -0.4 is 5.32 Å². The van der Waals surface area contributed by atoms with E-state index in [9.17, 15) is 0 Å². The fraction of sp³-hybridized carbons (Fsp3) is 0.417. The van der Waals surface area contributed by atoms with E-state index in [1.165, 1.54) is 18.2 Å². The Morgan fingerprint density at radius 1 is 1.40 bits per heavy atom. The highest BCUT2D eigenvalue weighted by Crippen LogP contribution is 2.13. The number of hydrogen-bond acceptors (Lipinski definition) is 2. The largest absolute Gasteiger partial charge is 0.312 e. The van der Waals surface area contributed by atoms with E-state index in [4.69, 9.17) is 0 Å². The zero-order chi connectivity index (χ0) is 10.1. The third-order valence-electron chi connectivity index (χ3n) is 3.03. The van der Waals surface area contributed by atoms with Gasteiger partial charge in [0.25, 0.3) is 0 Å². The molecule has 3 nitrogen and oxygen atoms in total. The summed E-state index contributed by atoms with van der Waals surface area (Å²) in [6.07, 6.45) is 4.71. The van der Waals surface area contributed by atoms with Crippen molar-refractivity contribution in [1.29, 1.82) is 0 Å². The molecule has 0 amide bonds. The van der Waals surface area contributed by atoms with E-state index in [0.29, 0.717) is 6.04 Å². The molecule has 0 spiro atoms. The predicted octanol–water partition coefficient (Wildman–Crippen LogP) is 1.79. The van der Waals surface area contributed by atoms with Crippen molar-refractivity contribution in [3.8, 4) is 0 Å². The van der Waals surface area contributed by atoms with E-state index in [-0.39, 0.29) is 0 Å². The maximum atomic E-state index is 4.55. The minimum atomic E-state index is 0.610. The van der Waals surface area contributed by atoms with Gasteiger partial charge in [-0.15, -0.1) is 0 Å². The molecule has 0 aliphatic carbocycles. The molecule has 0 radical (unpaired) electrons. The lowest BCUT2D eigenvalue weighted by atomic mass is 10.2. The molecule has 78 valence electrons. The first-order valence-corrected chi connectivity index (χ1v) is 5.57. The zero-order valence-electron chi connectivity index (χ0n) is 8.69. The van der Waals surface area contributed by atoms with Crippen molar-refractivity contribution in [3.63, 3.8) is 0 Å². The monoisotopic (exact) mass is 201 g/mol. The smallest absolute Gasteiger partial charge is 0.0923 e. The Labute approximate surface area is 89.1 Å². The van der Waals surface area contributed by atoms with Gasteiger partial charge in [-0.1, -0.05) is 18.2 Å². The minimum absolute atomic E-state index is 0.610. The molecule has 3 heteroatoms. The lowest BCUT2D eigenvalue weighted by molar-refractivity contribution is 0.479. The van der Waals surface area contributed by atoms with Crippen molar-refractivity contribution in [1.82, 2.24) is 15.1 Å². The Kier molecular flexibility index (Phi) is 2.18. The average molecular weight is 201 g/mol. The van der Waals surface area contributed by atoms with Crippen molar-refractivity contribution in [2.45, 2.75) is 25.4 Å². The van der Waals surface area contributed by atoms with Crippen LogP contribution in [0.5, 0.6) is 0 Å². The topological polar surface area (TPSA) is 29.9 Å². The van der Waals surface area contributed by atoms with Gasteiger partial charge in [-0.05, 0) is 25.5 Å². The minimum Gasteiger partial charge on any atom is -0.312 e. The van der Waals surface area contributed by atoms with Gasteiger partial charge in [-0.2, -0.15) is 5.10 Å². The summed E-state index contributed by atoms with van der Waals surface area (Å²) in [6, 6.07) is 8.88. The van der Waals surface area contributed by atoms with Crippen LogP contribution in [-0.2, 0) is 6.54 Å². The van der Waals surface area contributed by atoms with Crippen molar-refractivity contribution in [3.05, 3.63) is 30.5 Å². The number of aromatic nitrogens is 2. The van der Waals surface area contributed by atoms with Gasteiger partial charge in [0.15, 0.2) is 0 Å². The van der Waals surface area contributed by atoms with Crippen molar-refractivity contribution < 1.29 is 0 Å². The molecule has 1 saturated heterocycles. The van der Waals surface area contributed by atoms with E-state index in [1.807, 2.05) is 6.07 Å². The molecule has 1 aromatic heterocycles. The average Bonchev–Trinajstić information content (AvgIpc) is 2.86. The molecule has 1 unspecified atom stereocenters. The van der Waals surface area contributed by atoms with Gasteiger partial charge in [0.1, 0.15) is 0 Å². The first kappa shape index (κ1) is 8.92. The molecule has 1 aliphatic rings. The predicted molar refractivity (Wildman–Crippen MR) is 60.8 cm³/mol. The first-order valence-electron chi connectivity index (χ1n) is 5.57. The highest BCUT2D eigenvalue weighted by Gasteiger charge is 2.14. The van der Waals surface area contributed by atoms with E-state index in [2.05, 4.69) is 39.5 Å². The van der Waals surface area contributed by atoms with Gasteiger partial charge in [0.05, 0.1) is 12.1 Å². The Morgan fingerprint density at radius 3 is 3.13 bits per heavy atom. The van der Waals surface area contributed by atoms with Crippen molar-refractivity contribution >= 4 is 10.9 Å². The van der Waals surface area contributed by atoms with Gasteiger partial charge >= 0.3 is 0 Å². The Morgan fingerprint density at radius 2 is 2.33 bits per heavy atom. The second kappa shape index (κ2) is 3.66. The zero-order valence-corrected chi connectivity index (χ0v) is 8.69. The molecule has 0 saturated carbocycles. The van der Waals surface area contributed by atoms with E-state index in [0.717, 1.165) is 18.6 Å². The number of rotatable bonds is 2. The van der Waals surface area contributed by atoms with E-state index >= 15 is 0 Å². The summed E-state index contributed by atoms with van der Waals surface area (Å²) in [6.45, 7) is 2.15. The highest BCUT2D eigenvalue weighted by molar-refractivity contribution is 5.77. The van der Waals surface area contributed by atoms with Gasteiger partial charge < -0.3 is 5.32 Å². The summed E-state index contributed by atoms with van der Waals surface area (Å²) >= 11 is 0. The summed E-state index contributed by atoms with van der Waals surface area (Å²) < 4.78 is 2.06. The standard InChI is InChI=1S/C12H15N3/c1-2-6-12-10(4-1)8-15(14-12)9-11-5-3-7-13-11/h1-2,4,6,8,11,13H,3,5,7,9H2. The molecule has 1 fully saturated rings. The molecule has 2 heterocycles. The number of benzene rings is 1. The molecular weight excluding hydrogens is 186 g/mol. The third-order valence-corrected chi connectivity index (χ3v) is 3.03. The molecule has 15 heavy (non-hydrogen) atoms. The van der Waals surface area contributed by atoms with Crippen LogP contribution in [0.1, 0.15) is 12.8 Å². The molecule has 0 bridgehead atoms. The lowest BCUT2D eigenvalue weighted by Gasteiger charge is -2.09. The van der Waals surface area contributed by atoms with Crippen LogP contribution in [-0.4, -0.2) is 22.4 Å². The molecular formula is C12H15N3. The highest BCUT2D eigenvalue weighted by atomic mass is 15.3. The molecule has 3 rings (SSSR count). The fourth-order valence-electron chi connectivity index (χ4n) is 2.25. The number of fused-ring (bicyclic) bond motifs is 1. The van der Waals surface area contributed by atoms with Gasteiger partial charge in [0, 0.05) is 17.6 Å². The van der Waals surface area contributed by atoms with Gasteiger partial charge in [0.2, 0.25) is 0 Å². The molecule has 1 aromatic carbocycles. The molecule has 1 aliphatic heterocycles. The fourth-order valence-corrected chi connectivity index (χ4v) is 2.25. The maximum absolute atomic E-state index is 4.55. The SMILES string of the molecule is c1ccc2nn(CC3CCCN3)cc2c1. The van der Waals surface area contributed by atoms with E-state index < -0.39 is 0 Å². The van der Waals surface area contributed by atoms with Crippen LogP contribution in [0.25, 0.3) is 10.9 Å². The number of nitrogens with one attached hydrogen (secondary N) is 1. The normalized spacial score (nSPS) is 21.2. The van der Waals surface area contributed by atoms with Crippen molar-refractivity contribution in [2.24, 2.45) is 0 Å². The Bertz CT molecular complexity index is 422. The second-order valence-electron chi connectivity index (χ2n) is 4.20. The molecule has 2 aromatic rings. The van der Waals surface area contributed by atoms with Crippen LogP contribution in [0, 0.1) is 0 Å². The third kappa shape index (κ3) is 1.75. The van der Waals surface area contributed by atoms with Crippen LogP contribution in [0.15, 0.2) is 30.5 Å². The van der Waals surface area contributed by atoms with E-state index in [1.54, 1.807) is 0 Å². The van der Waals surface area contributed by atoms with Crippen LogP contribution in [0.3, 0.4) is 0 Å². The summed E-state index contributed by atoms with van der Waals surface area (Å²) in [5, 5.41) is 9.27.